The molecule has 0 aliphatic heterocycles. The average Bonchev–Trinajstić information content (AvgIpc) is 2.33. The van der Waals surface area contributed by atoms with Gasteiger partial charge < -0.3 is 4.98 Å². The van der Waals surface area contributed by atoms with Crippen LogP contribution in [0.2, 0.25) is 0 Å². The molecule has 0 aromatic carbocycles. The second kappa shape index (κ2) is 1.76. The van der Waals surface area contributed by atoms with Crippen molar-refractivity contribution >= 4 is 0 Å². The van der Waals surface area contributed by atoms with E-state index in [1.165, 1.54) is 11.3 Å². The van der Waals surface area contributed by atoms with Gasteiger partial charge in [-0.2, -0.15) is 0 Å². The number of allylic oxidation sites excluding steroid dienone is 2. The first-order chi connectivity index (χ1) is 4.47. The van der Waals surface area contributed by atoms with Gasteiger partial charge in [-0.25, -0.2) is 0 Å². The summed E-state index contributed by atoms with van der Waals surface area (Å²) in [6.07, 6.45) is 9.49. The van der Waals surface area contributed by atoms with E-state index in [2.05, 4.69) is 23.3 Å². The Hall–Kier alpha value is -0.980. The average molecular weight is 118 g/mol. The lowest BCUT2D eigenvalue weighted by Crippen LogP contribution is -1.93. The van der Waals surface area contributed by atoms with E-state index in [9.17, 15) is 0 Å². The number of nitrogens with one attached hydrogen (secondary N) is 1. The van der Waals surface area contributed by atoms with Gasteiger partial charge in [-0.15, -0.1) is 0 Å². The van der Waals surface area contributed by atoms with Crippen LogP contribution in [0.15, 0.2) is 18.2 Å². The fourth-order valence-corrected chi connectivity index (χ4v) is 1.15. The fourth-order valence-electron chi connectivity index (χ4n) is 1.15. The summed E-state index contributed by atoms with van der Waals surface area (Å²) in [5.41, 5.74) is 2.73. The van der Waals surface area contributed by atoms with E-state index in [4.69, 9.17) is 0 Å². The largest absolute Gasteiger partial charge is 0.357 e. The molecule has 1 heteroatoms. The third-order valence-corrected chi connectivity index (χ3v) is 1.68. The summed E-state index contributed by atoms with van der Waals surface area (Å²) in [6.45, 7) is 0. The monoisotopic (exact) mass is 118 g/mol. The molecule has 0 atom stereocenters. The number of aromatic nitrogens is 1. The molecule has 1 aromatic rings. The zero-order chi connectivity index (χ0) is 6.10. The van der Waals surface area contributed by atoms with Gasteiger partial charge in [-0.3, -0.25) is 0 Å². The number of hydrogen-bond donors (Lipinski definition) is 1. The smallest absolute Gasteiger partial charge is 0.0624 e. The van der Waals surface area contributed by atoms with Gasteiger partial charge >= 0.3 is 0 Å². The van der Waals surface area contributed by atoms with Crippen molar-refractivity contribution in [1.82, 2.24) is 4.98 Å². The van der Waals surface area contributed by atoms with E-state index in [0.29, 0.717) is 0 Å². The minimum absolute atomic E-state index is 1.05. The highest BCUT2D eigenvalue weighted by molar-refractivity contribution is 5.27. The number of H-pyrrole nitrogens is 1. The first-order valence-electron chi connectivity index (χ1n) is 3.18. The van der Waals surface area contributed by atoms with Crippen molar-refractivity contribution in [3.63, 3.8) is 0 Å². The molecule has 1 aliphatic carbocycles. The van der Waals surface area contributed by atoms with Crippen molar-refractivity contribution in [2.45, 2.75) is 12.8 Å². The zero-order valence-electron chi connectivity index (χ0n) is 5.15. The molecule has 1 aliphatic rings. The van der Waals surface area contributed by atoms with Gasteiger partial charge in [-0.1, -0.05) is 12.2 Å². The van der Waals surface area contributed by atoms with Crippen LogP contribution in [0.25, 0.3) is 0 Å². The van der Waals surface area contributed by atoms with Gasteiger partial charge in [0.05, 0.1) is 6.20 Å². The lowest BCUT2D eigenvalue weighted by molar-refractivity contribution is 1.05. The Bertz CT molecular complexity index is 210. The van der Waals surface area contributed by atoms with Crippen LogP contribution in [-0.4, -0.2) is 4.98 Å². The molecule has 2 rings (SSSR count). The van der Waals surface area contributed by atoms with Crippen molar-refractivity contribution in [3.8, 4) is 0 Å². The molecule has 0 amide bonds. The predicted molar refractivity (Wildman–Crippen MR) is 36.2 cm³/mol. The lowest BCUT2D eigenvalue weighted by Gasteiger charge is -2.02. The first-order valence-corrected chi connectivity index (χ1v) is 3.18. The van der Waals surface area contributed by atoms with E-state index in [1.807, 2.05) is 6.07 Å². The van der Waals surface area contributed by atoms with Crippen molar-refractivity contribution < 1.29 is 0 Å². The fraction of sp³-hybridized carbons (Fsp3) is 0.250. The number of aromatic amines is 1. The normalized spacial score (nSPS) is 15.6. The molecule has 1 aromatic heterocycles. The van der Waals surface area contributed by atoms with E-state index < -0.39 is 0 Å². The van der Waals surface area contributed by atoms with Crippen molar-refractivity contribution in [2.24, 2.45) is 0 Å². The lowest BCUT2D eigenvalue weighted by atomic mass is 10.1. The molecule has 0 fully saturated rings. The van der Waals surface area contributed by atoms with Crippen LogP contribution in [0.4, 0.5) is 0 Å². The molecule has 1 nitrogen and oxygen atoms in total. The van der Waals surface area contributed by atoms with Crippen molar-refractivity contribution in [1.29, 1.82) is 0 Å². The minimum atomic E-state index is 1.05. The molecular formula is C8H8N. The van der Waals surface area contributed by atoms with Gasteiger partial charge in [-0.05, 0) is 18.1 Å². The van der Waals surface area contributed by atoms with Crippen LogP contribution < -0.4 is 0 Å². The van der Waals surface area contributed by atoms with Crippen LogP contribution >= 0.6 is 0 Å². The molecule has 0 saturated heterocycles. The van der Waals surface area contributed by atoms with E-state index in [1.54, 1.807) is 0 Å². The van der Waals surface area contributed by atoms with Crippen molar-refractivity contribution in [3.05, 3.63) is 35.7 Å². The van der Waals surface area contributed by atoms with Gasteiger partial charge in [0.15, 0.2) is 0 Å². The molecule has 45 valence electrons. The van der Waals surface area contributed by atoms with E-state index >= 15 is 0 Å². The Morgan fingerprint density at radius 3 is 3.11 bits per heavy atom. The zero-order valence-corrected chi connectivity index (χ0v) is 5.15. The van der Waals surface area contributed by atoms with Gasteiger partial charge in [0.2, 0.25) is 0 Å². The van der Waals surface area contributed by atoms with Gasteiger partial charge in [0, 0.05) is 12.1 Å². The minimum Gasteiger partial charge on any atom is -0.357 e. The molecule has 0 saturated carbocycles. The summed E-state index contributed by atoms with van der Waals surface area (Å²) in [7, 11) is 0. The third-order valence-electron chi connectivity index (χ3n) is 1.68. The maximum absolute atomic E-state index is 3.08. The second-order valence-electron chi connectivity index (χ2n) is 2.30. The highest BCUT2D eigenvalue weighted by Gasteiger charge is 2.03. The Kier molecular flexibility index (Phi) is 0.950. The van der Waals surface area contributed by atoms with Crippen LogP contribution in [0, 0.1) is 6.20 Å². The molecule has 0 spiro atoms. The topological polar surface area (TPSA) is 15.8 Å². The maximum atomic E-state index is 3.08. The van der Waals surface area contributed by atoms with Crippen molar-refractivity contribution in [2.75, 3.05) is 0 Å². The highest BCUT2D eigenvalue weighted by atomic mass is 14.7. The summed E-state index contributed by atoms with van der Waals surface area (Å²) in [4.78, 5) is 3.08. The Morgan fingerprint density at radius 2 is 2.22 bits per heavy atom. The molecule has 1 N–H and O–H groups in total. The third kappa shape index (κ3) is 0.689. The molecule has 1 heterocycles. The van der Waals surface area contributed by atoms with Crippen LogP contribution in [0.1, 0.15) is 11.3 Å². The number of rotatable bonds is 0. The Balaban J connectivity index is 2.46. The Labute approximate surface area is 54.4 Å². The highest BCUT2D eigenvalue weighted by Crippen LogP contribution is 2.12. The van der Waals surface area contributed by atoms with Gasteiger partial charge in [0.1, 0.15) is 0 Å². The SMILES string of the molecule is [c]1cc2c([nH]1)CC=CC2. The summed E-state index contributed by atoms with van der Waals surface area (Å²) < 4.78 is 0. The summed E-state index contributed by atoms with van der Waals surface area (Å²) >= 11 is 0. The van der Waals surface area contributed by atoms with E-state index in [-0.39, 0.29) is 0 Å². The summed E-state index contributed by atoms with van der Waals surface area (Å²) in [5.74, 6) is 0. The van der Waals surface area contributed by atoms with Gasteiger partial charge in [0.25, 0.3) is 0 Å². The Morgan fingerprint density at radius 1 is 1.33 bits per heavy atom. The molecule has 1 radical (unpaired) electrons. The number of hydrogen-bond acceptors (Lipinski definition) is 0. The van der Waals surface area contributed by atoms with Crippen LogP contribution in [-0.2, 0) is 12.8 Å². The first kappa shape index (κ1) is 4.86. The quantitative estimate of drug-likeness (QED) is 0.496. The maximum Gasteiger partial charge on any atom is 0.0624 e. The predicted octanol–water partition coefficient (Wildman–Crippen LogP) is 1.47. The molecule has 0 unspecified atom stereocenters. The summed E-state index contributed by atoms with van der Waals surface area (Å²) in [5, 5.41) is 0. The van der Waals surface area contributed by atoms with Crippen LogP contribution in [0.5, 0.6) is 0 Å². The number of fused-ring (bicyclic) bond motifs is 1. The van der Waals surface area contributed by atoms with E-state index in [0.717, 1.165) is 12.8 Å². The standard InChI is InChI=1S/C8H8N/c1-2-4-8-7(3-1)5-6-9-8/h1-2,5,9H,3-4H2. The van der Waals surface area contributed by atoms with Crippen LogP contribution in [0.3, 0.4) is 0 Å². The second-order valence-corrected chi connectivity index (χ2v) is 2.30. The summed E-state index contributed by atoms with van der Waals surface area (Å²) in [6, 6.07) is 2.03. The molecular weight excluding hydrogens is 110 g/mol. The molecule has 0 bridgehead atoms. The molecule has 9 heavy (non-hydrogen) atoms.